The molecule has 0 spiro atoms. The topological polar surface area (TPSA) is 57.6 Å². The van der Waals surface area contributed by atoms with Crippen LogP contribution in [-0.2, 0) is 17.6 Å². The average molecular weight is 335 g/mol. The Kier molecular flexibility index (Phi) is 4.04. The zero-order valence-corrected chi connectivity index (χ0v) is 14.0. The summed E-state index contributed by atoms with van der Waals surface area (Å²) < 4.78 is 0. The molecule has 0 aromatic heterocycles. The summed E-state index contributed by atoms with van der Waals surface area (Å²) in [6, 6.07) is 15.6. The van der Waals surface area contributed by atoms with Gasteiger partial charge < -0.3 is 10.0 Å². The third-order valence-corrected chi connectivity index (χ3v) is 5.50. The van der Waals surface area contributed by atoms with Crippen LogP contribution in [0, 0.1) is 5.92 Å². The largest absolute Gasteiger partial charge is 0.481 e. The first kappa shape index (κ1) is 15.9. The van der Waals surface area contributed by atoms with Crippen LogP contribution < -0.4 is 0 Å². The molecule has 4 nitrogen and oxygen atoms in total. The van der Waals surface area contributed by atoms with Crippen LogP contribution in [-0.4, -0.2) is 35.0 Å². The van der Waals surface area contributed by atoms with Gasteiger partial charge in [0.15, 0.2) is 0 Å². The van der Waals surface area contributed by atoms with Crippen LogP contribution in [0.3, 0.4) is 0 Å². The van der Waals surface area contributed by atoms with Gasteiger partial charge in [-0.05, 0) is 48.1 Å². The number of carbonyl (C=O) groups is 2. The normalized spacial score (nSPS) is 22.0. The highest BCUT2D eigenvalue weighted by atomic mass is 16.4. The van der Waals surface area contributed by atoms with Gasteiger partial charge in [-0.3, -0.25) is 9.59 Å². The highest BCUT2D eigenvalue weighted by Gasteiger charge is 2.40. The molecule has 0 radical (unpaired) electrons. The Bertz CT molecular complexity index is 815. The van der Waals surface area contributed by atoms with E-state index in [-0.39, 0.29) is 18.4 Å². The Morgan fingerprint density at radius 1 is 0.960 bits per heavy atom. The maximum absolute atomic E-state index is 12.9. The fraction of sp³-hybridized carbons (Fsp3) is 0.333. The molecule has 2 aromatic rings. The molecule has 25 heavy (non-hydrogen) atoms. The van der Waals surface area contributed by atoms with Crippen molar-refractivity contribution in [3.63, 3.8) is 0 Å². The molecular formula is C21H21NO3. The minimum Gasteiger partial charge on any atom is -0.481 e. The lowest BCUT2D eigenvalue weighted by Crippen LogP contribution is -2.30. The molecule has 1 N–H and O–H groups in total. The van der Waals surface area contributed by atoms with Crippen molar-refractivity contribution in [3.8, 4) is 0 Å². The smallest absolute Gasteiger partial charge is 0.308 e. The monoisotopic (exact) mass is 335 g/mol. The first-order valence-corrected chi connectivity index (χ1v) is 8.82. The number of hydrogen-bond donors (Lipinski definition) is 1. The maximum atomic E-state index is 12.9. The molecule has 4 rings (SSSR count). The van der Waals surface area contributed by atoms with Crippen molar-refractivity contribution in [1.29, 1.82) is 0 Å². The summed E-state index contributed by atoms with van der Waals surface area (Å²) in [5, 5.41) is 9.60. The number of fused-ring (bicyclic) bond motifs is 1. The minimum absolute atomic E-state index is 0.0561. The van der Waals surface area contributed by atoms with Gasteiger partial charge in [-0.25, -0.2) is 0 Å². The lowest BCUT2D eigenvalue weighted by atomic mass is 9.89. The van der Waals surface area contributed by atoms with Gasteiger partial charge in [0.2, 0.25) is 0 Å². The second kappa shape index (κ2) is 6.36. The van der Waals surface area contributed by atoms with Gasteiger partial charge in [0.05, 0.1) is 5.92 Å². The highest BCUT2D eigenvalue weighted by molar-refractivity contribution is 5.95. The van der Waals surface area contributed by atoms with Gasteiger partial charge in [0, 0.05) is 24.6 Å². The summed E-state index contributed by atoms with van der Waals surface area (Å²) in [5.74, 6) is -1.60. The van der Waals surface area contributed by atoms with Crippen molar-refractivity contribution in [3.05, 3.63) is 70.8 Å². The summed E-state index contributed by atoms with van der Waals surface area (Å²) in [7, 11) is 0. The molecule has 1 saturated heterocycles. The zero-order chi connectivity index (χ0) is 17.4. The van der Waals surface area contributed by atoms with Crippen LogP contribution in [0.4, 0.5) is 0 Å². The summed E-state index contributed by atoms with van der Waals surface area (Å²) in [5.41, 5.74) is 4.26. The molecule has 2 atom stereocenters. The van der Waals surface area contributed by atoms with E-state index in [0.29, 0.717) is 12.1 Å². The van der Waals surface area contributed by atoms with E-state index in [1.807, 2.05) is 42.5 Å². The third kappa shape index (κ3) is 2.93. The van der Waals surface area contributed by atoms with Crippen LogP contribution in [0.5, 0.6) is 0 Å². The van der Waals surface area contributed by atoms with E-state index in [0.717, 1.165) is 24.8 Å². The first-order valence-electron chi connectivity index (χ1n) is 8.82. The summed E-state index contributed by atoms with van der Waals surface area (Å²) in [6.45, 7) is 0.724. The van der Waals surface area contributed by atoms with Gasteiger partial charge in [0.1, 0.15) is 0 Å². The van der Waals surface area contributed by atoms with Crippen molar-refractivity contribution < 1.29 is 14.7 Å². The summed E-state index contributed by atoms with van der Waals surface area (Å²) in [6.07, 6.45) is 3.26. The molecule has 2 aliphatic rings. The van der Waals surface area contributed by atoms with E-state index >= 15 is 0 Å². The third-order valence-electron chi connectivity index (χ3n) is 5.50. The number of likely N-dealkylation sites (tertiary alicyclic amines) is 1. The molecule has 4 heteroatoms. The van der Waals surface area contributed by atoms with Gasteiger partial charge in [-0.1, -0.05) is 36.4 Å². The Labute approximate surface area is 147 Å². The molecule has 2 aromatic carbocycles. The van der Waals surface area contributed by atoms with E-state index in [9.17, 15) is 14.7 Å². The molecular weight excluding hydrogens is 314 g/mol. The molecule has 0 bridgehead atoms. The molecule has 2 unspecified atom stereocenters. The van der Waals surface area contributed by atoms with Crippen molar-refractivity contribution >= 4 is 11.9 Å². The van der Waals surface area contributed by atoms with E-state index in [1.165, 1.54) is 11.1 Å². The standard InChI is InChI=1S/C21H21NO3/c23-20(17-10-9-14-7-4-8-16(14)11-17)22-12-18(19(13-22)21(24)25)15-5-2-1-3-6-15/h1-3,5-6,9-11,18-19H,4,7-8,12-13H2,(H,24,25). The number of amides is 1. The van der Waals surface area contributed by atoms with Gasteiger partial charge in [-0.2, -0.15) is 0 Å². The van der Waals surface area contributed by atoms with Gasteiger partial charge in [0.25, 0.3) is 5.91 Å². The Balaban J connectivity index is 1.59. The van der Waals surface area contributed by atoms with Crippen LogP contribution in [0.15, 0.2) is 48.5 Å². The number of carboxylic acid groups (broad SMARTS) is 1. The number of rotatable bonds is 3. The first-order chi connectivity index (χ1) is 12.1. The van der Waals surface area contributed by atoms with Crippen LogP contribution >= 0.6 is 0 Å². The fourth-order valence-electron chi connectivity index (χ4n) is 4.15. The van der Waals surface area contributed by atoms with Crippen molar-refractivity contribution in [2.75, 3.05) is 13.1 Å². The van der Waals surface area contributed by atoms with Crippen molar-refractivity contribution in [1.82, 2.24) is 4.90 Å². The summed E-state index contributed by atoms with van der Waals surface area (Å²) >= 11 is 0. The lowest BCUT2D eigenvalue weighted by molar-refractivity contribution is -0.141. The van der Waals surface area contributed by atoms with Crippen molar-refractivity contribution in [2.24, 2.45) is 5.92 Å². The Hall–Kier alpha value is -2.62. The number of nitrogens with zero attached hydrogens (tertiary/aromatic N) is 1. The quantitative estimate of drug-likeness (QED) is 0.937. The average Bonchev–Trinajstić information content (AvgIpc) is 3.28. The number of aliphatic carboxylic acids is 1. The molecule has 1 aliphatic heterocycles. The van der Waals surface area contributed by atoms with Gasteiger partial charge in [-0.15, -0.1) is 0 Å². The molecule has 1 amide bonds. The maximum Gasteiger partial charge on any atom is 0.308 e. The predicted molar refractivity (Wildman–Crippen MR) is 94.7 cm³/mol. The molecule has 0 saturated carbocycles. The van der Waals surface area contributed by atoms with E-state index in [1.54, 1.807) is 4.90 Å². The SMILES string of the molecule is O=C(O)C1CN(C(=O)c2ccc3c(c2)CCC3)CC1c1ccccc1. The molecule has 1 heterocycles. The highest BCUT2D eigenvalue weighted by Crippen LogP contribution is 2.34. The number of hydrogen-bond acceptors (Lipinski definition) is 2. The fourth-order valence-corrected chi connectivity index (χ4v) is 4.15. The number of carboxylic acids is 1. The summed E-state index contributed by atoms with van der Waals surface area (Å²) in [4.78, 5) is 26.3. The molecule has 1 aliphatic carbocycles. The van der Waals surface area contributed by atoms with Crippen LogP contribution in [0.25, 0.3) is 0 Å². The predicted octanol–water partition coefficient (Wildman–Crippen LogP) is 3.12. The van der Waals surface area contributed by atoms with Crippen LogP contribution in [0.2, 0.25) is 0 Å². The number of aryl methyl sites for hydroxylation is 2. The second-order valence-electron chi connectivity index (χ2n) is 7.01. The Morgan fingerprint density at radius 2 is 1.72 bits per heavy atom. The lowest BCUT2D eigenvalue weighted by Gasteiger charge is -2.17. The van der Waals surface area contributed by atoms with Crippen LogP contribution in [0.1, 0.15) is 39.4 Å². The second-order valence-corrected chi connectivity index (χ2v) is 7.01. The van der Waals surface area contributed by atoms with E-state index in [2.05, 4.69) is 6.07 Å². The Morgan fingerprint density at radius 3 is 2.48 bits per heavy atom. The number of benzene rings is 2. The van der Waals surface area contributed by atoms with E-state index in [4.69, 9.17) is 0 Å². The van der Waals surface area contributed by atoms with Crippen molar-refractivity contribution in [2.45, 2.75) is 25.2 Å². The van der Waals surface area contributed by atoms with Gasteiger partial charge >= 0.3 is 5.97 Å². The molecule has 1 fully saturated rings. The molecule has 128 valence electrons. The minimum atomic E-state index is -0.835. The number of carbonyl (C=O) groups excluding carboxylic acids is 1. The zero-order valence-electron chi connectivity index (χ0n) is 14.0. The van der Waals surface area contributed by atoms with E-state index < -0.39 is 11.9 Å².